The summed E-state index contributed by atoms with van der Waals surface area (Å²) in [5.41, 5.74) is 0.303. The molecule has 23 heavy (non-hydrogen) atoms. The maximum atomic E-state index is 14.1. The smallest absolute Gasteiger partial charge is 0.407 e. The fraction of sp³-hybridized carbons (Fsp3) is 0.625. The van der Waals surface area contributed by atoms with E-state index in [0.29, 0.717) is 12.0 Å². The van der Waals surface area contributed by atoms with Crippen molar-refractivity contribution >= 4 is 6.09 Å². The summed E-state index contributed by atoms with van der Waals surface area (Å²) in [6.07, 6.45) is 1.66. The summed E-state index contributed by atoms with van der Waals surface area (Å²) < 4.78 is 29.5. The minimum atomic E-state index is -0.832. The molecule has 1 atom stereocenters. The number of amides is 1. The molecule has 6 nitrogen and oxygen atoms in total. The Labute approximate surface area is 136 Å². The number of carbonyl (C=O) groups is 1. The van der Waals surface area contributed by atoms with Gasteiger partial charge >= 0.3 is 6.09 Å². The van der Waals surface area contributed by atoms with E-state index in [1.165, 1.54) is 20.4 Å². The maximum absolute atomic E-state index is 14.1. The Bertz CT molecular complexity index is 527. The molecule has 0 spiro atoms. The molecule has 0 bridgehead atoms. The predicted molar refractivity (Wildman–Crippen MR) is 83.5 cm³/mol. The molecule has 1 unspecified atom stereocenters. The van der Waals surface area contributed by atoms with Crippen LogP contribution in [0.3, 0.4) is 0 Å². The van der Waals surface area contributed by atoms with Gasteiger partial charge in [0.1, 0.15) is 11.4 Å². The zero-order chi connectivity index (χ0) is 17.6. The van der Waals surface area contributed by atoms with Crippen molar-refractivity contribution in [1.82, 2.24) is 10.3 Å². The van der Waals surface area contributed by atoms with Crippen LogP contribution in [0, 0.1) is 5.82 Å². The van der Waals surface area contributed by atoms with Crippen molar-refractivity contribution in [2.45, 2.75) is 52.0 Å². The molecule has 130 valence electrons. The van der Waals surface area contributed by atoms with Crippen LogP contribution in [0.1, 0.15) is 45.1 Å². The highest BCUT2D eigenvalue weighted by Gasteiger charge is 2.22. The van der Waals surface area contributed by atoms with E-state index in [9.17, 15) is 9.18 Å². The summed E-state index contributed by atoms with van der Waals surface area (Å²) in [5.74, 6) is -0.513. The second kappa shape index (κ2) is 8.21. The number of hydrogen-bond acceptors (Lipinski definition) is 5. The average molecular weight is 328 g/mol. The molecular weight excluding hydrogens is 303 g/mol. The average Bonchev–Trinajstić information content (AvgIpc) is 2.40. The Morgan fingerprint density at radius 2 is 1.91 bits per heavy atom. The third kappa shape index (κ3) is 6.11. The van der Waals surface area contributed by atoms with Crippen molar-refractivity contribution in [2.75, 3.05) is 14.2 Å². The molecule has 1 rings (SSSR count). The van der Waals surface area contributed by atoms with Crippen LogP contribution >= 0.6 is 0 Å². The number of rotatable bonds is 6. The van der Waals surface area contributed by atoms with Crippen LogP contribution < -0.4 is 5.32 Å². The first kappa shape index (κ1) is 19.3. The van der Waals surface area contributed by atoms with E-state index in [-0.39, 0.29) is 11.6 Å². The molecule has 0 aliphatic heterocycles. The van der Waals surface area contributed by atoms with E-state index in [0.717, 1.165) is 6.20 Å². The lowest BCUT2D eigenvalue weighted by atomic mass is 10.0. The van der Waals surface area contributed by atoms with Crippen LogP contribution in [0.4, 0.5) is 9.18 Å². The fourth-order valence-electron chi connectivity index (χ4n) is 2.13. The number of carbonyl (C=O) groups excluding carboxylic acids is 1. The van der Waals surface area contributed by atoms with Crippen molar-refractivity contribution in [2.24, 2.45) is 0 Å². The van der Waals surface area contributed by atoms with Gasteiger partial charge in [0.2, 0.25) is 0 Å². The fourth-order valence-corrected chi connectivity index (χ4v) is 2.13. The Balaban J connectivity index is 2.84. The van der Waals surface area contributed by atoms with Gasteiger partial charge in [-0.2, -0.15) is 0 Å². The van der Waals surface area contributed by atoms with Crippen LogP contribution in [0.5, 0.6) is 0 Å². The molecule has 1 N–H and O–H groups in total. The molecule has 1 aromatic heterocycles. The van der Waals surface area contributed by atoms with Gasteiger partial charge in [0.15, 0.2) is 6.29 Å². The molecule has 0 radical (unpaired) electrons. The van der Waals surface area contributed by atoms with E-state index in [2.05, 4.69) is 10.3 Å². The SMILES string of the molecule is COC(OC)c1c(F)cncc1CC(C)NC(=O)OC(C)(C)C. The predicted octanol–water partition coefficient (Wildman–Crippen LogP) is 2.97. The highest BCUT2D eigenvalue weighted by molar-refractivity contribution is 5.68. The molecule has 1 amide bonds. The lowest BCUT2D eigenvalue weighted by Gasteiger charge is -2.23. The summed E-state index contributed by atoms with van der Waals surface area (Å²) in [4.78, 5) is 15.6. The van der Waals surface area contributed by atoms with E-state index >= 15 is 0 Å². The Kier molecular flexibility index (Phi) is 6.90. The maximum Gasteiger partial charge on any atom is 0.407 e. The Morgan fingerprint density at radius 1 is 1.30 bits per heavy atom. The highest BCUT2D eigenvalue weighted by atomic mass is 19.1. The molecule has 0 fully saturated rings. The van der Waals surface area contributed by atoms with Crippen LogP contribution in [0.15, 0.2) is 12.4 Å². The van der Waals surface area contributed by atoms with Gasteiger partial charge < -0.3 is 19.5 Å². The van der Waals surface area contributed by atoms with E-state index in [1.54, 1.807) is 27.7 Å². The van der Waals surface area contributed by atoms with Gasteiger partial charge in [0, 0.05) is 32.0 Å². The minimum Gasteiger partial charge on any atom is -0.444 e. The normalized spacial score (nSPS) is 13.0. The van der Waals surface area contributed by atoms with Crippen molar-refractivity contribution < 1.29 is 23.4 Å². The van der Waals surface area contributed by atoms with Crippen LogP contribution in [-0.2, 0) is 20.6 Å². The van der Waals surface area contributed by atoms with Gasteiger partial charge in [-0.3, -0.25) is 4.98 Å². The van der Waals surface area contributed by atoms with Gasteiger partial charge in [-0.05, 0) is 39.7 Å². The third-order valence-corrected chi connectivity index (χ3v) is 2.97. The van der Waals surface area contributed by atoms with Crippen LogP contribution in [0.2, 0.25) is 0 Å². The number of halogens is 1. The van der Waals surface area contributed by atoms with E-state index in [1.807, 2.05) is 0 Å². The first-order chi connectivity index (χ1) is 10.7. The molecule has 0 aliphatic carbocycles. The first-order valence-corrected chi connectivity index (χ1v) is 7.35. The number of nitrogens with zero attached hydrogens (tertiary/aromatic N) is 1. The van der Waals surface area contributed by atoms with Gasteiger partial charge in [-0.15, -0.1) is 0 Å². The zero-order valence-corrected chi connectivity index (χ0v) is 14.5. The quantitative estimate of drug-likeness (QED) is 0.813. The highest BCUT2D eigenvalue weighted by Crippen LogP contribution is 2.25. The van der Waals surface area contributed by atoms with E-state index < -0.39 is 23.8 Å². The van der Waals surface area contributed by atoms with Crippen molar-refractivity contribution in [3.8, 4) is 0 Å². The monoisotopic (exact) mass is 328 g/mol. The van der Waals surface area contributed by atoms with Crippen molar-refractivity contribution in [1.29, 1.82) is 0 Å². The lowest BCUT2D eigenvalue weighted by molar-refractivity contribution is -0.108. The molecule has 1 aromatic rings. The second-order valence-electron chi connectivity index (χ2n) is 6.25. The number of aromatic nitrogens is 1. The number of hydrogen-bond donors (Lipinski definition) is 1. The molecule has 0 aromatic carbocycles. The van der Waals surface area contributed by atoms with Gasteiger partial charge in [0.25, 0.3) is 0 Å². The first-order valence-electron chi connectivity index (χ1n) is 7.35. The molecule has 1 heterocycles. The standard InChI is InChI=1S/C16H25FN2O4/c1-10(19-15(20)23-16(2,3)4)7-11-8-18-9-12(17)13(11)14(21-5)22-6/h8-10,14H,7H2,1-6H3,(H,19,20). The molecular formula is C16H25FN2O4. The molecule has 0 saturated carbocycles. The van der Waals surface area contributed by atoms with Crippen LogP contribution in [-0.4, -0.2) is 36.9 Å². The summed E-state index contributed by atoms with van der Waals surface area (Å²) in [6, 6.07) is -0.276. The summed E-state index contributed by atoms with van der Waals surface area (Å²) >= 11 is 0. The number of ether oxygens (including phenoxy) is 3. The number of nitrogens with one attached hydrogen (secondary N) is 1. The van der Waals surface area contributed by atoms with Crippen molar-refractivity contribution in [3.05, 3.63) is 29.3 Å². The number of alkyl carbamates (subject to hydrolysis) is 1. The molecule has 0 aliphatic rings. The largest absolute Gasteiger partial charge is 0.444 e. The van der Waals surface area contributed by atoms with Crippen molar-refractivity contribution in [3.63, 3.8) is 0 Å². The minimum absolute atomic E-state index is 0.276. The van der Waals surface area contributed by atoms with Crippen LogP contribution in [0.25, 0.3) is 0 Å². The zero-order valence-electron chi connectivity index (χ0n) is 14.5. The summed E-state index contributed by atoms with van der Waals surface area (Å²) in [7, 11) is 2.86. The summed E-state index contributed by atoms with van der Waals surface area (Å²) in [6.45, 7) is 7.15. The van der Waals surface area contributed by atoms with Gasteiger partial charge in [-0.1, -0.05) is 0 Å². The number of methoxy groups -OCH3 is 2. The molecule has 0 saturated heterocycles. The molecule has 7 heteroatoms. The van der Waals surface area contributed by atoms with E-state index in [4.69, 9.17) is 14.2 Å². The van der Waals surface area contributed by atoms with Gasteiger partial charge in [-0.25, -0.2) is 9.18 Å². The number of pyridine rings is 1. The second-order valence-corrected chi connectivity index (χ2v) is 6.25. The lowest BCUT2D eigenvalue weighted by Crippen LogP contribution is -2.38. The topological polar surface area (TPSA) is 69.7 Å². The summed E-state index contributed by atoms with van der Waals surface area (Å²) in [5, 5.41) is 2.71. The Hall–Kier alpha value is -1.73. The Morgan fingerprint density at radius 3 is 2.43 bits per heavy atom. The van der Waals surface area contributed by atoms with Gasteiger partial charge in [0.05, 0.1) is 6.20 Å². The third-order valence-electron chi connectivity index (χ3n) is 2.97.